The van der Waals surface area contributed by atoms with Crippen molar-refractivity contribution in [2.75, 3.05) is 39.5 Å². The molecule has 1 unspecified atom stereocenters. The molecule has 2 heterocycles. The average molecular weight is 298 g/mol. The van der Waals surface area contributed by atoms with Crippen LogP contribution in [0.5, 0.6) is 0 Å². The predicted molar refractivity (Wildman–Crippen MR) is 82.2 cm³/mol. The Morgan fingerprint density at radius 2 is 1.95 bits per heavy atom. The lowest BCUT2D eigenvalue weighted by Gasteiger charge is -2.28. The van der Waals surface area contributed by atoms with Gasteiger partial charge in [-0.05, 0) is 25.2 Å². The van der Waals surface area contributed by atoms with Crippen molar-refractivity contribution in [3.8, 4) is 0 Å². The summed E-state index contributed by atoms with van der Waals surface area (Å²) in [6.45, 7) is 11.2. The lowest BCUT2D eigenvalue weighted by molar-refractivity contribution is -0.135. The molecule has 5 nitrogen and oxygen atoms in total. The van der Waals surface area contributed by atoms with E-state index in [1.807, 2.05) is 4.90 Å². The second-order valence-corrected chi connectivity index (χ2v) is 6.63. The standard InChI is InChI=1S/C16H30N2O3/c1-12(2)16-14(4-7-21-16)11-17-13(3)10-15(19)18-5-8-20-9-6-18/h12-14,16-17H,4-11H2,1-3H3/t13?,14-,16-/m1/s1. The lowest BCUT2D eigenvalue weighted by Crippen LogP contribution is -2.44. The van der Waals surface area contributed by atoms with Crippen LogP contribution in [-0.2, 0) is 14.3 Å². The van der Waals surface area contributed by atoms with Gasteiger partial charge in [-0.3, -0.25) is 4.79 Å². The third-order valence-electron chi connectivity index (χ3n) is 4.49. The van der Waals surface area contributed by atoms with E-state index < -0.39 is 0 Å². The zero-order chi connectivity index (χ0) is 15.2. The quantitative estimate of drug-likeness (QED) is 0.802. The van der Waals surface area contributed by atoms with Gasteiger partial charge in [-0.1, -0.05) is 13.8 Å². The number of carbonyl (C=O) groups excluding carboxylic acids is 1. The van der Waals surface area contributed by atoms with Crippen molar-refractivity contribution in [1.29, 1.82) is 0 Å². The summed E-state index contributed by atoms with van der Waals surface area (Å²) in [5, 5.41) is 3.52. The topological polar surface area (TPSA) is 50.8 Å². The van der Waals surface area contributed by atoms with E-state index in [0.29, 0.717) is 37.6 Å². The molecule has 1 N–H and O–H groups in total. The Bertz CT molecular complexity index is 329. The SMILES string of the molecule is CC(CC(=O)N1CCOCC1)NC[C@H]1CCO[C@@H]1C(C)C. The molecule has 0 aromatic carbocycles. The average Bonchev–Trinajstić information content (AvgIpc) is 2.94. The van der Waals surface area contributed by atoms with Crippen molar-refractivity contribution in [2.45, 2.75) is 45.8 Å². The van der Waals surface area contributed by atoms with Crippen LogP contribution in [0.1, 0.15) is 33.6 Å². The fraction of sp³-hybridized carbons (Fsp3) is 0.938. The number of nitrogens with one attached hydrogen (secondary N) is 1. The van der Waals surface area contributed by atoms with Crippen LogP contribution in [0.3, 0.4) is 0 Å². The van der Waals surface area contributed by atoms with E-state index in [1.165, 1.54) is 0 Å². The van der Waals surface area contributed by atoms with Crippen molar-refractivity contribution in [3.63, 3.8) is 0 Å². The second-order valence-electron chi connectivity index (χ2n) is 6.63. The monoisotopic (exact) mass is 298 g/mol. The lowest BCUT2D eigenvalue weighted by atomic mass is 9.93. The number of rotatable bonds is 6. The van der Waals surface area contributed by atoms with Gasteiger partial charge in [0.1, 0.15) is 0 Å². The highest BCUT2D eigenvalue weighted by Gasteiger charge is 2.30. The Kier molecular flexibility index (Phi) is 6.45. The molecule has 0 spiro atoms. The van der Waals surface area contributed by atoms with E-state index in [9.17, 15) is 4.79 Å². The Morgan fingerprint density at radius 1 is 1.24 bits per heavy atom. The molecule has 3 atom stereocenters. The van der Waals surface area contributed by atoms with E-state index in [0.717, 1.165) is 32.7 Å². The molecule has 2 aliphatic heterocycles. The van der Waals surface area contributed by atoms with E-state index in [1.54, 1.807) is 0 Å². The summed E-state index contributed by atoms with van der Waals surface area (Å²) in [6.07, 6.45) is 2.06. The maximum Gasteiger partial charge on any atom is 0.224 e. The first kappa shape index (κ1) is 16.7. The third-order valence-corrected chi connectivity index (χ3v) is 4.49. The molecule has 2 saturated heterocycles. The first-order chi connectivity index (χ1) is 10.1. The molecular formula is C16H30N2O3. The number of morpholine rings is 1. The van der Waals surface area contributed by atoms with Gasteiger partial charge in [-0.15, -0.1) is 0 Å². The van der Waals surface area contributed by atoms with Crippen molar-refractivity contribution in [1.82, 2.24) is 10.2 Å². The van der Waals surface area contributed by atoms with Crippen LogP contribution in [-0.4, -0.2) is 62.4 Å². The molecule has 0 aromatic heterocycles. The number of hydrogen-bond acceptors (Lipinski definition) is 4. The van der Waals surface area contributed by atoms with Crippen LogP contribution in [0.2, 0.25) is 0 Å². The minimum absolute atomic E-state index is 0.216. The molecule has 0 saturated carbocycles. The largest absolute Gasteiger partial charge is 0.378 e. The molecule has 2 fully saturated rings. The molecule has 2 aliphatic rings. The van der Waals surface area contributed by atoms with E-state index >= 15 is 0 Å². The van der Waals surface area contributed by atoms with Crippen LogP contribution in [0.15, 0.2) is 0 Å². The molecule has 0 aliphatic carbocycles. The Labute approximate surface area is 128 Å². The smallest absolute Gasteiger partial charge is 0.224 e. The van der Waals surface area contributed by atoms with Crippen molar-refractivity contribution >= 4 is 5.91 Å². The van der Waals surface area contributed by atoms with Gasteiger partial charge in [0.05, 0.1) is 19.3 Å². The Hall–Kier alpha value is -0.650. The zero-order valence-corrected chi connectivity index (χ0v) is 13.6. The number of amides is 1. The summed E-state index contributed by atoms with van der Waals surface area (Å²) < 4.78 is 11.1. The first-order valence-electron chi connectivity index (χ1n) is 8.28. The van der Waals surface area contributed by atoms with Gasteiger partial charge in [-0.25, -0.2) is 0 Å². The van der Waals surface area contributed by atoms with E-state index in [2.05, 4.69) is 26.1 Å². The van der Waals surface area contributed by atoms with Crippen LogP contribution < -0.4 is 5.32 Å². The minimum atomic E-state index is 0.216. The van der Waals surface area contributed by atoms with Crippen molar-refractivity contribution < 1.29 is 14.3 Å². The number of hydrogen-bond donors (Lipinski definition) is 1. The number of carbonyl (C=O) groups is 1. The number of ether oxygens (including phenoxy) is 2. The van der Waals surface area contributed by atoms with E-state index in [-0.39, 0.29) is 11.9 Å². The minimum Gasteiger partial charge on any atom is -0.378 e. The summed E-state index contributed by atoms with van der Waals surface area (Å²) in [6, 6.07) is 0.216. The highest BCUT2D eigenvalue weighted by molar-refractivity contribution is 5.76. The summed E-state index contributed by atoms with van der Waals surface area (Å²) in [5.41, 5.74) is 0. The second kappa shape index (κ2) is 8.11. The molecule has 0 bridgehead atoms. The Balaban J connectivity index is 1.69. The normalized spacial score (nSPS) is 28.1. The van der Waals surface area contributed by atoms with Crippen LogP contribution in [0, 0.1) is 11.8 Å². The fourth-order valence-electron chi connectivity index (χ4n) is 3.24. The van der Waals surface area contributed by atoms with Gasteiger partial charge in [0.2, 0.25) is 5.91 Å². The molecule has 0 radical (unpaired) electrons. The predicted octanol–water partition coefficient (Wildman–Crippen LogP) is 1.27. The number of nitrogens with zero attached hydrogens (tertiary/aromatic N) is 1. The molecule has 21 heavy (non-hydrogen) atoms. The summed E-state index contributed by atoms with van der Waals surface area (Å²) in [5.74, 6) is 1.37. The summed E-state index contributed by atoms with van der Waals surface area (Å²) in [7, 11) is 0. The molecule has 122 valence electrons. The first-order valence-corrected chi connectivity index (χ1v) is 8.28. The van der Waals surface area contributed by atoms with Gasteiger partial charge < -0.3 is 19.7 Å². The van der Waals surface area contributed by atoms with Gasteiger partial charge in [0, 0.05) is 38.7 Å². The van der Waals surface area contributed by atoms with Crippen LogP contribution >= 0.6 is 0 Å². The molecule has 1 amide bonds. The molecule has 2 rings (SSSR count). The van der Waals surface area contributed by atoms with E-state index in [4.69, 9.17) is 9.47 Å². The third kappa shape index (κ3) is 4.94. The van der Waals surface area contributed by atoms with Gasteiger partial charge in [-0.2, -0.15) is 0 Å². The van der Waals surface area contributed by atoms with Crippen molar-refractivity contribution in [3.05, 3.63) is 0 Å². The zero-order valence-electron chi connectivity index (χ0n) is 13.6. The summed E-state index contributed by atoms with van der Waals surface area (Å²) >= 11 is 0. The van der Waals surface area contributed by atoms with Gasteiger partial charge in [0.25, 0.3) is 0 Å². The highest BCUT2D eigenvalue weighted by atomic mass is 16.5. The highest BCUT2D eigenvalue weighted by Crippen LogP contribution is 2.26. The molecule has 0 aromatic rings. The van der Waals surface area contributed by atoms with Gasteiger partial charge >= 0.3 is 0 Å². The van der Waals surface area contributed by atoms with Crippen LogP contribution in [0.4, 0.5) is 0 Å². The Morgan fingerprint density at radius 3 is 2.62 bits per heavy atom. The maximum absolute atomic E-state index is 12.2. The van der Waals surface area contributed by atoms with Crippen molar-refractivity contribution in [2.24, 2.45) is 11.8 Å². The van der Waals surface area contributed by atoms with Gasteiger partial charge in [0.15, 0.2) is 0 Å². The fourth-order valence-corrected chi connectivity index (χ4v) is 3.24. The summed E-state index contributed by atoms with van der Waals surface area (Å²) in [4.78, 5) is 14.1. The molecular weight excluding hydrogens is 268 g/mol. The molecule has 5 heteroatoms. The van der Waals surface area contributed by atoms with Crippen LogP contribution in [0.25, 0.3) is 0 Å². The maximum atomic E-state index is 12.2.